The number of hydrogen-bond donors (Lipinski definition) is 1. The fourth-order valence-corrected chi connectivity index (χ4v) is 4.18. The fourth-order valence-electron chi connectivity index (χ4n) is 3.08. The van der Waals surface area contributed by atoms with Crippen LogP contribution in [-0.4, -0.2) is 72.4 Å². The van der Waals surface area contributed by atoms with Crippen molar-refractivity contribution in [2.45, 2.75) is 51.4 Å². The number of benzene rings is 1. The molecule has 0 bridgehead atoms. The molecule has 1 aromatic carbocycles. The van der Waals surface area contributed by atoms with Gasteiger partial charge in [0, 0.05) is 38.2 Å². The van der Waals surface area contributed by atoms with Crippen molar-refractivity contribution >= 4 is 41.5 Å². The SMILES string of the molecule is CCOC(=O)[C@H](CS[C@H]1O[C@H](COC(C)=O)[C@H](OC(C)=O)C=C1OC(C)=O)NC(=O)c1ccccc1. The maximum Gasteiger partial charge on any atom is 0.329 e. The maximum atomic E-state index is 12.6. The van der Waals surface area contributed by atoms with Gasteiger partial charge in [-0.1, -0.05) is 18.2 Å². The van der Waals surface area contributed by atoms with Crippen molar-refractivity contribution < 1.29 is 47.7 Å². The van der Waals surface area contributed by atoms with Crippen LogP contribution in [0.2, 0.25) is 0 Å². The zero-order valence-corrected chi connectivity index (χ0v) is 21.2. The van der Waals surface area contributed by atoms with E-state index in [0.29, 0.717) is 5.56 Å². The normalized spacial score (nSPS) is 19.8. The van der Waals surface area contributed by atoms with Crippen molar-refractivity contribution in [2.75, 3.05) is 19.0 Å². The molecule has 0 spiro atoms. The van der Waals surface area contributed by atoms with Gasteiger partial charge in [0.25, 0.3) is 5.91 Å². The van der Waals surface area contributed by atoms with E-state index in [9.17, 15) is 24.0 Å². The Morgan fingerprint density at radius 3 is 2.28 bits per heavy atom. The van der Waals surface area contributed by atoms with E-state index in [1.54, 1.807) is 37.3 Å². The van der Waals surface area contributed by atoms with Crippen molar-refractivity contribution in [1.82, 2.24) is 5.32 Å². The Hall–Kier alpha value is -3.38. The van der Waals surface area contributed by atoms with Crippen LogP contribution < -0.4 is 5.32 Å². The first kappa shape index (κ1) is 28.9. The van der Waals surface area contributed by atoms with E-state index >= 15 is 0 Å². The summed E-state index contributed by atoms with van der Waals surface area (Å²) in [7, 11) is 0. The molecular formula is C24H29NO10S. The van der Waals surface area contributed by atoms with Gasteiger partial charge in [-0.2, -0.15) is 0 Å². The molecular weight excluding hydrogens is 494 g/mol. The Balaban J connectivity index is 2.23. The van der Waals surface area contributed by atoms with E-state index < -0.39 is 53.5 Å². The quantitative estimate of drug-likeness (QED) is 0.335. The van der Waals surface area contributed by atoms with Crippen LogP contribution in [0.3, 0.4) is 0 Å². The van der Waals surface area contributed by atoms with Gasteiger partial charge in [-0.3, -0.25) is 19.2 Å². The highest BCUT2D eigenvalue weighted by Crippen LogP contribution is 2.31. The van der Waals surface area contributed by atoms with Crippen LogP contribution in [0.1, 0.15) is 38.1 Å². The molecule has 0 unspecified atom stereocenters. The largest absolute Gasteiger partial charge is 0.464 e. The molecule has 11 nitrogen and oxygen atoms in total. The lowest BCUT2D eigenvalue weighted by Crippen LogP contribution is -2.46. The van der Waals surface area contributed by atoms with Crippen LogP contribution in [0.4, 0.5) is 0 Å². The number of nitrogens with one attached hydrogen (secondary N) is 1. The lowest BCUT2D eigenvalue weighted by Gasteiger charge is -2.34. The van der Waals surface area contributed by atoms with E-state index in [1.165, 1.54) is 26.8 Å². The number of esters is 4. The third kappa shape index (κ3) is 9.34. The molecule has 36 heavy (non-hydrogen) atoms. The molecule has 0 saturated heterocycles. The smallest absolute Gasteiger partial charge is 0.329 e. The molecule has 1 heterocycles. The number of thioether (sulfide) groups is 1. The van der Waals surface area contributed by atoms with Crippen LogP contribution in [0.15, 0.2) is 42.2 Å². The molecule has 0 aliphatic carbocycles. The van der Waals surface area contributed by atoms with E-state index in [-0.39, 0.29) is 24.7 Å². The van der Waals surface area contributed by atoms with Gasteiger partial charge in [0.15, 0.2) is 11.5 Å². The summed E-state index contributed by atoms with van der Waals surface area (Å²) >= 11 is 1.04. The summed E-state index contributed by atoms with van der Waals surface area (Å²) in [5.41, 5.74) is -0.594. The van der Waals surface area contributed by atoms with Gasteiger partial charge in [-0.15, -0.1) is 11.8 Å². The summed E-state index contributed by atoms with van der Waals surface area (Å²) in [5, 5.41) is 2.64. The summed E-state index contributed by atoms with van der Waals surface area (Å²) in [6, 6.07) is 7.29. The number of carbonyl (C=O) groups is 5. The lowest BCUT2D eigenvalue weighted by molar-refractivity contribution is -0.163. The zero-order valence-electron chi connectivity index (χ0n) is 20.4. The maximum absolute atomic E-state index is 12.6. The van der Waals surface area contributed by atoms with Gasteiger partial charge in [0.05, 0.1) is 6.61 Å². The third-order valence-corrected chi connectivity index (χ3v) is 5.74. The van der Waals surface area contributed by atoms with Crippen LogP contribution in [0.5, 0.6) is 0 Å². The average Bonchev–Trinajstić information content (AvgIpc) is 2.81. The minimum atomic E-state index is -1.05. The monoisotopic (exact) mass is 523 g/mol. The minimum absolute atomic E-state index is 0.0147. The summed E-state index contributed by atoms with van der Waals surface area (Å²) in [5.74, 6) is -2.93. The Bertz CT molecular complexity index is 980. The molecule has 1 aromatic rings. The summed E-state index contributed by atoms with van der Waals surface area (Å²) < 4.78 is 26.5. The first-order valence-electron chi connectivity index (χ1n) is 11.1. The molecule has 196 valence electrons. The second-order valence-electron chi connectivity index (χ2n) is 7.52. The molecule has 1 N–H and O–H groups in total. The van der Waals surface area contributed by atoms with E-state index in [1.807, 2.05) is 0 Å². The molecule has 12 heteroatoms. The Labute approximate surface area is 212 Å². The number of carbonyl (C=O) groups excluding carboxylic acids is 5. The molecule has 1 amide bonds. The van der Waals surface area contributed by atoms with Gasteiger partial charge in [-0.05, 0) is 19.1 Å². The highest BCUT2D eigenvalue weighted by molar-refractivity contribution is 8.00. The van der Waals surface area contributed by atoms with Gasteiger partial charge < -0.3 is 29.0 Å². The lowest BCUT2D eigenvalue weighted by atomic mass is 10.1. The number of amides is 1. The van der Waals surface area contributed by atoms with Crippen molar-refractivity contribution in [1.29, 1.82) is 0 Å². The van der Waals surface area contributed by atoms with Crippen LogP contribution >= 0.6 is 11.8 Å². The van der Waals surface area contributed by atoms with Crippen LogP contribution in [0.25, 0.3) is 0 Å². The molecule has 0 radical (unpaired) electrons. The molecule has 1 aliphatic heterocycles. The summed E-state index contributed by atoms with van der Waals surface area (Å²) in [6.07, 6.45) is -0.513. The molecule has 1 aliphatic rings. The average molecular weight is 524 g/mol. The second-order valence-corrected chi connectivity index (χ2v) is 8.62. The second kappa shape index (κ2) is 14.2. The first-order chi connectivity index (χ1) is 17.1. The highest BCUT2D eigenvalue weighted by Gasteiger charge is 2.38. The van der Waals surface area contributed by atoms with Crippen molar-refractivity contribution in [2.24, 2.45) is 0 Å². The molecule has 2 rings (SSSR count). The predicted octanol–water partition coefficient (Wildman–Crippen LogP) is 1.75. The van der Waals surface area contributed by atoms with Crippen LogP contribution in [0, 0.1) is 0 Å². The Morgan fingerprint density at radius 1 is 1.00 bits per heavy atom. The van der Waals surface area contributed by atoms with Gasteiger partial charge in [0.1, 0.15) is 24.5 Å². The molecule has 0 fully saturated rings. The summed E-state index contributed by atoms with van der Waals surface area (Å²) in [6.45, 7) is 5.11. The van der Waals surface area contributed by atoms with Crippen molar-refractivity contribution in [3.63, 3.8) is 0 Å². The van der Waals surface area contributed by atoms with Crippen LogP contribution in [-0.2, 0) is 42.9 Å². The number of rotatable bonds is 11. The number of hydrogen-bond acceptors (Lipinski definition) is 11. The van der Waals surface area contributed by atoms with E-state index in [4.69, 9.17) is 23.7 Å². The highest BCUT2D eigenvalue weighted by atomic mass is 32.2. The van der Waals surface area contributed by atoms with Gasteiger partial charge >= 0.3 is 23.9 Å². The van der Waals surface area contributed by atoms with E-state index in [0.717, 1.165) is 11.8 Å². The van der Waals surface area contributed by atoms with Gasteiger partial charge in [0.2, 0.25) is 0 Å². The first-order valence-corrected chi connectivity index (χ1v) is 12.2. The summed E-state index contributed by atoms with van der Waals surface area (Å²) in [4.78, 5) is 59.7. The Kier molecular flexibility index (Phi) is 11.4. The standard InChI is InChI=1S/C24H29NO10S/c1-5-31-23(30)18(25-22(29)17-9-7-6-8-10-17)13-36-24-20(34-16(4)28)11-19(33-15(3)27)21(35-24)12-32-14(2)26/h6-11,18-19,21,24H,5,12-13H2,1-4H3,(H,25,29)/t18-,19+,21+,24+/m0/s1. The topological polar surface area (TPSA) is 144 Å². The molecule has 0 saturated carbocycles. The minimum Gasteiger partial charge on any atom is -0.464 e. The predicted molar refractivity (Wildman–Crippen MR) is 127 cm³/mol. The van der Waals surface area contributed by atoms with Crippen molar-refractivity contribution in [3.05, 3.63) is 47.7 Å². The third-order valence-electron chi connectivity index (χ3n) is 4.57. The number of ether oxygens (including phenoxy) is 5. The Morgan fingerprint density at radius 2 is 1.69 bits per heavy atom. The molecule has 0 aromatic heterocycles. The van der Waals surface area contributed by atoms with Crippen molar-refractivity contribution in [3.8, 4) is 0 Å². The van der Waals surface area contributed by atoms with Gasteiger partial charge in [-0.25, -0.2) is 4.79 Å². The van der Waals surface area contributed by atoms with E-state index in [2.05, 4.69) is 5.32 Å². The zero-order chi connectivity index (χ0) is 26.7. The molecule has 4 atom stereocenters. The fraction of sp³-hybridized carbons (Fsp3) is 0.458.